The Morgan fingerprint density at radius 1 is 1.33 bits per heavy atom. The van der Waals surface area contributed by atoms with Crippen LogP contribution in [0.25, 0.3) is 0 Å². The van der Waals surface area contributed by atoms with Crippen molar-refractivity contribution in [3.63, 3.8) is 0 Å². The molecular weight excluding hydrogens is 278 g/mol. The van der Waals surface area contributed by atoms with E-state index in [1.807, 2.05) is 7.05 Å². The number of thioether (sulfide) groups is 1. The quantitative estimate of drug-likeness (QED) is 0.649. The van der Waals surface area contributed by atoms with E-state index in [4.69, 9.17) is 0 Å². The van der Waals surface area contributed by atoms with Crippen molar-refractivity contribution in [3.8, 4) is 0 Å². The van der Waals surface area contributed by atoms with Crippen molar-refractivity contribution in [3.05, 3.63) is 34.9 Å². The van der Waals surface area contributed by atoms with E-state index in [-0.39, 0.29) is 0 Å². The third kappa shape index (κ3) is 5.27. The summed E-state index contributed by atoms with van der Waals surface area (Å²) < 4.78 is 0. The van der Waals surface area contributed by atoms with Crippen molar-refractivity contribution in [2.24, 2.45) is 4.99 Å². The lowest BCUT2D eigenvalue weighted by Crippen LogP contribution is -2.40. The summed E-state index contributed by atoms with van der Waals surface area (Å²) in [5.74, 6) is 2.23. The van der Waals surface area contributed by atoms with Gasteiger partial charge in [0.15, 0.2) is 5.96 Å². The molecule has 0 amide bonds. The van der Waals surface area contributed by atoms with Gasteiger partial charge in [0.1, 0.15) is 0 Å². The number of benzene rings is 1. The summed E-state index contributed by atoms with van der Waals surface area (Å²) in [6, 6.07) is 6.67. The van der Waals surface area contributed by atoms with Crippen LogP contribution in [-0.2, 0) is 6.42 Å². The maximum atomic E-state index is 4.30. The standard InChI is InChI=1S/C17H27N3S/c1-13-6-7-15(14(2)11-13)8-9-19-17(18-3)20-12-16-5-4-10-21-16/h6-7,11,16H,4-5,8-10,12H2,1-3H3,(H2,18,19,20). The Bertz CT molecular complexity index is 479. The molecule has 1 saturated heterocycles. The fourth-order valence-electron chi connectivity index (χ4n) is 2.68. The number of aryl methyl sites for hydroxylation is 2. The molecular formula is C17H27N3S. The van der Waals surface area contributed by atoms with E-state index >= 15 is 0 Å². The molecule has 2 rings (SSSR count). The van der Waals surface area contributed by atoms with E-state index in [2.05, 4.69) is 59.4 Å². The number of hydrogen-bond acceptors (Lipinski definition) is 2. The maximum Gasteiger partial charge on any atom is 0.191 e. The van der Waals surface area contributed by atoms with Crippen LogP contribution in [0.2, 0.25) is 0 Å². The summed E-state index contributed by atoms with van der Waals surface area (Å²) in [4.78, 5) is 4.30. The van der Waals surface area contributed by atoms with Crippen molar-refractivity contribution >= 4 is 17.7 Å². The molecule has 0 bridgehead atoms. The number of aliphatic imine (C=N–C) groups is 1. The zero-order valence-corrected chi connectivity index (χ0v) is 14.2. The molecule has 1 atom stereocenters. The van der Waals surface area contributed by atoms with E-state index in [0.717, 1.165) is 30.7 Å². The molecule has 4 heteroatoms. The van der Waals surface area contributed by atoms with Crippen LogP contribution in [0, 0.1) is 13.8 Å². The molecule has 1 aliphatic heterocycles. The fraction of sp³-hybridized carbons (Fsp3) is 0.588. The topological polar surface area (TPSA) is 36.4 Å². The third-order valence-electron chi connectivity index (χ3n) is 3.93. The van der Waals surface area contributed by atoms with Gasteiger partial charge in [-0.25, -0.2) is 0 Å². The Hall–Kier alpha value is -1.16. The second-order valence-electron chi connectivity index (χ2n) is 5.69. The Morgan fingerprint density at radius 3 is 2.86 bits per heavy atom. The monoisotopic (exact) mass is 305 g/mol. The van der Waals surface area contributed by atoms with Crippen LogP contribution in [0.15, 0.2) is 23.2 Å². The molecule has 0 saturated carbocycles. The lowest BCUT2D eigenvalue weighted by Gasteiger charge is -2.15. The molecule has 1 aromatic rings. The highest BCUT2D eigenvalue weighted by Crippen LogP contribution is 2.25. The van der Waals surface area contributed by atoms with E-state index in [9.17, 15) is 0 Å². The van der Waals surface area contributed by atoms with Crippen molar-refractivity contribution in [1.82, 2.24) is 10.6 Å². The summed E-state index contributed by atoms with van der Waals surface area (Å²) >= 11 is 2.07. The Balaban J connectivity index is 1.72. The van der Waals surface area contributed by atoms with Gasteiger partial charge in [-0.3, -0.25) is 4.99 Å². The molecule has 1 aromatic carbocycles. The second kappa shape index (κ2) is 8.32. The predicted octanol–water partition coefficient (Wildman–Crippen LogP) is 2.91. The largest absolute Gasteiger partial charge is 0.356 e. The number of guanidine groups is 1. The number of hydrogen-bond donors (Lipinski definition) is 2. The molecule has 0 spiro atoms. The minimum absolute atomic E-state index is 0.753. The first-order chi connectivity index (χ1) is 10.2. The second-order valence-corrected chi connectivity index (χ2v) is 7.10. The average Bonchev–Trinajstić information content (AvgIpc) is 2.98. The van der Waals surface area contributed by atoms with Crippen molar-refractivity contribution in [2.45, 2.75) is 38.4 Å². The number of rotatable bonds is 5. The minimum Gasteiger partial charge on any atom is -0.356 e. The highest BCUT2D eigenvalue weighted by atomic mass is 32.2. The van der Waals surface area contributed by atoms with Crippen LogP contribution in [0.5, 0.6) is 0 Å². The maximum absolute atomic E-state index is 4.30. The van der Waals surface area contributed by atoms with Crippen molar-refractivity contribution in [1.29, 1.82) is 0 Å². The van der Waals surface area contributed by atoms with Crippen LogP contribution in [-0.4, -0.2) is 37.1 Å². The van der Waals surface area contributed by atoms with Gasteiger partial charge in [0.05, 0.1) is 0 Å². The highest BCUT2D eigenvalue weighted by molar-refractivity contribution is 8.00. The molecule has 1 aliphatic rings. The van der Waals surface area contributed by atoms with Crippen LogP contribution in [0.3, 0.4) is 0 Å². The van der Waals surface area contributed by atoms with Gasteiger partial charge in [-0.15, -0.1) is 0 Å². The molecule has 21 heavy (non-hydrogen) atoms. The Labute approximate surface area is 133 Å². The first-order valence-corrected chi connectivity index (χ1v) is 8.86. The van der Waals surface area contributed by atoms with Gasteiger partial charge < -0.3 is 10.6 Å². The zero-order chi connectivity index (χ0) is 15.1. The van der Waals surface area contributed by atoms with E-state index in [1.165, 1.54) is 35.3 Å². The molecule has 0 aromatic heterocycles. The van der Waals surface area contributed by atoms with E-state index in [1.54, 1.807) is 0 Å². The van der Waals surface area contributed by atoms with Gasteiger partial charge in [0.2, 0.25) is 0 Å². The molecule has 0 radical (unpaired) electrons. The summed E-state index contributed by atoms with van der Waals surface area (Å²) in [5.41, 5.74) is 4.12. The molecule has 2 N–H and O–H groups in total. The van der Waals surface area contributed by atoms with Gasteiger partial charge in [-0.2, -0.15) is 11.8 Å². The summed E-state index contributed by atoms with van der Waals surface area (Å²) in [7, 11) is 1.84. The minimum atomic E-state index is 0.753. The lowest BCUT2D eigenvalue weighted by atomic mass is 10.0. The van der Waals surface area contributed by atoms with Crippen LogP contribution in [0.4, 0.5) is 0 Å². The van der Waals surface area contributed by atoms with Gasteiger partial charge in [0.25, 0.3) is 0 Å². The summed E-state index contributed by atoms with van der Waals surface area (Å²) in [6.45, 7) is 6.27. The Morgan fingerprint density at radius 2 is 2.19 bits per heavy atom. The molecule has 1 unspecified atom stereocenters. The van der Waals surface area contributed by atoms with E-state index in [0.29, 0.717) is 0 Å². The normalized spacial score (nSPS) is 18.8. The lowest BCUT2D eigenvalue weighted by molar-refractivity contribution is 0.724. The fourth-order valence-corrected chi connectivity index (χ4v) is 3.88. The van der Waals surface area contributed by atoms with Crippen LogP contribution in [0.1, 0.15) is 29.5 Å². The zero-order valence-electron chi connectivity index (χ0n) is 13.4. The third-order valence-corrected chi connectivity index (χ3v) is 5.33. The van der Waals surface area contributed by atoms with Gasteiger partial charge in [-0.1, -0.05) is 23.8 Å². The molecule has 3 nitrogen and oxygen atoms in total. The van der Waals surface area contributed by atoms with E-state index < -0.39 is 0 Å². The summed E-state index contributed by atoms with van der Waals surface area (Å²) in [6.07, 6.45) is 3.72. The average molecular weight is 305 g/mol. The molecule has 1 fully saturated rings. The van der Waals surface area contributed by atoms with Crippen LogP contribution < -0.4 is 10.6 Å². The van der Waals surface area contributed by atoms with Crippen molar-refractivity contribution < 1.29 is 0 Å². The smallest absolute Gasteiger partial charge is 0.191 e. The molecule has 1 heterocycles. The van der Waals surface area contributed by atoms with Crippen molar-refractivity contribution in [2.75, 3.05) is 25.9 Å². The van der Waals surface area contributed by atoms with Gasteiger partial charge in [-0.05, 0) is 50.0 Å². The SMILES string of the molecule is CN=C(NCCc1ccc(C)cc1C)NCC1CCCS1. The number of nitrogens with zero attached hydrogens (tertiary/aromatic N) is 1. The highest BCUT2D eigenvalue weighted by Gasteiger charge is 2.15. The first kappa shape index (κ1) is 16.2. The first-order valence-electron chi connectivity index (χ1n) is 7.81. The van der Waals surface area contributed by atoms with Crippen LogP contribution >= 0.6 is 11.8 Å². The van der Waals surface area contributed by atoms with Gasteiger partial charge in [0, 0.05) is 25.4 Å². The summed E-state index contributed by atoms with van der Waals surface area (Å²) in [5, 5.41) is 7.61. The Kier molecular flexibility index (Phi) is 6.43. The molecule has 0 aliphatic carbocycles. The molecule has 116 valence electrons. The number of nitrogens with one attached hydrogen (secondary N) is 2. The van der Waals surface area contributed by atoms with Gasteiger partial charge >= 0.3 is 0 Å². The predicted molar refractivity (Wildman–Crippen MR) is 94.5 cm³/mol.